The van der Waals surface area contributed by atoms with Crippen molar-refractivity contribution < 1.29 is 73.8 Å². The van der Waals surface area contributed by atoms with Crippen molar-refractivity contribution in [1.29, 1.82) is 0 Å². The maximum Gasteiger partial charge on any atom is 1.00 e. The molecule has 0 heterocycles. The second-order valence-electron chi connectivity index (χ2n) is 4.41. The minimum atomic E-state index is -4.95. The molecule has 0 spiro atoms. The number of hydrogen-bond acceptors (Lipinski definition) is 2. The van der Waals surface area contributed by atoms with Gasteiger partial charge >= 0.3 is 58.4 Å². The quantitative estimate of drug-likeness (QED) is 0.506. The molecule has 0 amide bonds. The van der Waals surface area contributed by atoms with E-state index in [1.54, 1.807) is 6.92 Å². The number of rotatable bonds is 8. The van der Waals surface area contributed by atoms with Crippen LogP contribution < -0.4 is 61.6 Å². The normalized spacial score (nSPS) is 11.1. The van der Waals surface area contributed by atoms with Gasteiger partial charge in [-0.05, 0) is 25.0 Å². The second kappa shape index (κ2) is 10.2. The molecule has 0 atom stereocenters. The van der Waals surface area contributed by atoms with Crippen molar-refractivity contribution in [3.63, 3.8) is 0 Å². The van der Waals surface area contributed by atoms with Crippen LogP contribution in [-0.4, -0.2) is 26.8 Å². The average molecular weight is 314 g/mol. The molecule has 0 aliphatic rings. The summed E-state index contributed by atoms with van der Waals surface area (Å²) < 4.78 is 48.3. The van der Waals surface area contributed by atoms with Gasteiger partial charge in [0, 0.05) is 6.61 Å². The van der Waals surface area contributed by atoms with Crippen LogP contribution >= 0.6 is 0 Å². The maximum absolute atomic E-state index is 12.5. The summed E-state index contributed by atoms with van der Waals surface area (Å²) in [6.45, 7) is 0.225. The monoisotopic (exact) mass is 314 g/mol. The van der Waals surface area contributed by atoms with Crippen LogP contribution in [0.5, 0.6) is 5.75 Å². The Morgan fingerprint density at radius 1 is 1.10 bits per heavy atom. The van der Waals surface area contributed by atoms with Crippen LogP contribution in [0.1, 0.15) is 25.3 Å². The van der Waals surface area contributed by atoms with Crippen LogP contribution in [-0.2, 0) is 4.74 Å². The molecule has 0 aliphatic carbocycles. The number of benzene rings is 1. The molecule has 0 saturated heterocycles. The summed E-state index contributed by atoms with van der Waals surface area (Å²) in [6.07, 6.45) is 2.07. The molecule has 0 N–H and O–H groups in total. The number of halogens is 3. The zero-order valence-corrected chi connectivity index (χ0v) is 15.4. The Labute approximate surface area is 160 Å². The molecule has 1 rings (SSSR count). The van der Waals surface area contributed by atoms with Crippen molar-refractivity contribution in [2.75, 3.05) is 19.8 Å². The summed E-state index contributed by atoms with van der Waals surface area (Å²) >= 11 is 0. The first-order chi connectivity index (χ1) is 8.95. The van der Waals surface area contributed by atoms with E-state index >= 15 is 0 Å². The molecule has 2 nitrogen and oxygen atoms in total. The van der Waals surface area contributed by atoms with E-state index < -0.39 is 12.4 Å². The third-order valence-corrected chi connectivity index (χ3v) is 2.70. The van der Waals surface area contributed by atoms with Crippen LogP contribution in [0.4, 0.5) is 12.9 Å². The van der Waals surface area contributed by atoms with Gasteiger partial charge in [0.2, 0.25) is 0 Å². The van der Waals surface area contributed by atoms with Crippen LogP contribution in [0, 0.1) is 6.92 Å². The Hall–Kier alpha value is 0.471. The Bertz CT molecular complexity index is 400. The van der Waals surface area contributed by atoms with Crippen molar-refractivity contribution in [2.24, 2.45) is 0 Å². The summed E-state index contributed by atoms with van der Waals surface area (Å²) in [5.41, 5.74) is -0.102. The van der Waals surface area contributed by atoms with Gasteiger partial charge in [0.1, 0.15) is 12.4 Å². The summed E-state index contributed by atoms with van der Waals surface area (Å²) in [5, 5.41) is 0. The Morgan fingerprint density at radius 2 is 1.80 bits per heavy atom. The zero-order valence-electron chi connectivity index (χ0n) is 12.3. The van der Waals surface area contributed by atoms with E-state index in [0.29, 0.717) is 31.1 Å². The van der Waals surface area contributed by atoms with E-state index in [4.69, 9.17) is 9.47 Å². The van der Waals surface area contributed by atoms with Crippen molar-refractivity contribution in [1.82, 2.24) is 0 Å². The number of unbranched alkanes of at least 4 members (excludes halogenated alkanes) is 1. The van der Waals surface area contributed by atoms with Gasteiger partial charge in [-0.15, -0.1) is 5.46 Å². The van der Waals surface area contributed by atoms with Crippen molar-refractivity contribution in [3.05, 3.63) is 23.8 Å². The molecule has 1 aromatic rings. The van der Waals surface area contributed by atoms with Crippen LogP contribution in [0.2, 0.25) is 0 Å². The first kappa shape index (κ1) is 20.5. The molecule has 108 valence electrons. The van der Waals surface area contributed by atoms with Gasteiger partial charge in [-0.3, -0.25) is 0 Å². The number of hydrogen-bond donors (Lipinski definition) is 0. The average Bonchev–Trinajstić information content (AvgIpc) is 2.34. The zero-order chi connectivity index (χ0) is 14.3. The van der Waals surface area contributed by atoms with Crippen LogP contribution in [0.15, 0.2) is 18.2 Å². The topological polar surface area (TPSA) is 18.5 Å². The second-order valence-corrected chi connectivity index (χ2v) is 4.41. The fourth-order valence-corrected chi connectivity index (χ4v) is 1.60. The van der Waals surface area contributed by atoms with E-state index in [2.05, 4.69) is 6.92 Å². The number of aryl methyl sites for hydroxylation is 1. The summed E-state index contributed by atoms with van der Waals surface area (Å²) in [5.74, 6) is 0.475. The largest absolute Gasteiger partial charge is 1.00 e. The molecule has 0 fully saturated rings. The SMILES string of the molecule is CCCCOCCOc1ccc([B-](F)(F)F)cc1C.[K+]. The predicted octanol–water partition coefficient (Wildman–Crippen LogP) is 0.249. The summed E-state index contributed by atoms with van der Waals surface area (Å²) in [4.78, 5) is 0. The molecule has 0 aliphatic heterocycles. The minimum absolute atomic E-state index is 0. The molecule has 0 saturated carbocycles. The van der Waals surface area contributed by atoms with E-state index in [9.17, 15) is 12.9 Å². The maximum atomic E-state index is 12.5. The fraction of sp³-hybridized carbons (Fsp3) is 0.538. The summed E-state index contributed by atoms with van der Waals surface area (Å²) in [6, 6.07) is 3.54. The molecule has 0 radical (unpaired) electrons. The Balaban J connectivity index is 0.00000361. The third-order valence-electron chi connectivity index (χ3n) is 2.70. The molecule has 0 aromatic heterocycles. The first-order valence-electron chi connectivity index (χ1n) is 6.46. The summed E-state index contributed by atoms with van der Waals surface area (Å²) in [7, 11) is 0. The molecule has 7 heteroatoms. The van der Waals surface area contributed by atoms with Gasteiger partial charge in [-0.1, -0.05) is 25.5 Å². The van der Waals surface area contributed by atoms with Gasteiger partial charge in [0.05, 0.1) is 6.61 Å². The molecule has 0 unspecified atom stereocenters. The van der Waals surface area contributed by atoms with Gasteiger partial charge in [-0.2, -0.15) is 0 Å². The van der Waals surface area contributed by atoms with E-state index in [1.807, 2.05) is 0 Å². The van der Waals surface area contributed by atoms with Gasteiger partial charge in [0.15, 0.2) is 0 Å². The molecule has 20 heavy (non-hydrogen) atoms. The Kier molecular flexibility index (Phi) is 10.5. The van der Waals surface area contributed by atoms with Crippen LogP contribution in [0.25, 0.3) is 0 Å². The van der Waals surface area contributed by atoms with Gasteiger partial charge in [0.25, 0.3) is 0 Å². The predicted molar refractivity (Wildman–Crippen MR) is 71.1 cm³/mol. The number of ether oxygens (including phenoxy) is 2. The molecule has 0 bridgehead atoms. The first-order valence-corrected chi connectivity index (χ1v) is 6.46. The minimum Gasteiger partial charge on any atom is -0.491 e. The Morgan fingerprint density at radius 3 is 2.35 bits per heavy atom. The standard InChI is InChI=1S/C13H19BF3O2.K/c1-3-4-7-18-8-9-19-13-6-5-12(10-11(13)2)14(15,16)17;/h5-6,10H,3-4,7-9H2,1-2H3;/q-1;+1. The van der Waals surface area contributed by atoms with Crippen molar-refractivity contribution >= 4 is 12.4 Å². The smallest absolute Gasteiger partial charge is 0.491 e. The fourth-order valence-electron chi connectivity index (χ4n) is 1.60. The van der Waals surface area contributed by atoms with Crippen molar-refractivity contribution in [3.8, 4) is 5.75 Å². The van der Waals surface area contributed by atoms with Crippen LogP contribution in [0.3, 0.4) is 0 Å². The molecular formula is C13H19BF3KO2. The molecule has 1 aromatic carbocycles. The van der Waals surface area contributed by atoms with Gasteiger partial charge < -0.3 is 22.4 Å². The van der Waals surface area contributed by atoms with E-state index in [-0.39, 0.29) is 51.4 Å². The van der Waals surface area contributed by atoms with Crippen molar-refractivity contribution in [2.45, 2.75) is 26.7 Å². The third kappa shape index (κ3) is 7.47. The van der Waals surface area contributed by atoms with Gasteiger partial charge in [-0.25, -0.2) is 0 Å². The molecular weight excluding hydrogens is 295 g/mol. The van der Waals surface area contributed by atoms with E-state index in [1.165, 1.54) is 6.07 Å². The van der Waals surface area contributed by atoms with E-state index in [0.717, 1.165) is 25.0 Å².